The first kappa shape index (κ1) is 9.51. The number of hydrogen-bond acceptors (Lipinski definition) is 4. The maximum Gasteiger partial charge on any atom is 0.232 e. The van der Waals surface area contributed by atoms with Gasteiger partial charge < -0.3 is 4.90 Å². The van der Waals surface area contributed by atoms with Crippen molar-refractivity contribution in [2.24, 2.45) is 11.8 Å². The fraction of sp³-hybridized carbons (Fsp3) is 0.625. The van der Waals surface area contributed by atoms with Gasteiger partial charge in [-0.15, -0.1) is 0 Å². The summed E-state index contributed by atoms with van der Waals surface area (Å²) in [5.41, 5.74) is 0. The zero-order chi connectivity index (χ0) is 10.3. The lowest BCUT2D eigenvalue weighted by Gasteiger charge is -2.15. The van der Waals surface area contributed by atoms with Crippen LogP contribution in [0.2, 0.25) is 0 Å². The SMILES string of the molecule is O=C1NC(=O)[C@@H]2CN(C(=O)CS)C[C@H]12. The second kappa shape index (κ2) is 3.27. The van der Waals surface area contributed by atoms with E-state index in [1.54, 1.807) is 0 Å². The number of imide groups is 1. The number of fused-ring (bicyclic) bond motifs is 1. The zero-order valence-corrected chi connectivity index (χ0v) is 8.29. The molecule has 5 nitrogen and oxygen atoms in total. The molecule has 0 aromatic carbocycles. The van der Waals surface area contributed by atoms with E-state index in [0.29, 0.717) is 13.1 Å². The molecule has 2 heterocycles. The molecule has 14 heavy (non-hydrogen) atoms. The van der Waals surface area contributed by atoms with Gasteiger partial charge in [0.2, 0.25) is 17.7 Å². The summed E-state index contributed by atoms with van der Waals surface area (Å²) in [6.45, 7) is 0.698. The third-order valence-electron chi connectivity index (χ3n) is 2.73. The standard InChI is InChI=1S/C8H10N2O3S/c11-6(3-14)10-1-4-5(2-10)8(13)9-7(4)12/h4-5,14H,1-3H2,(H,9,12,13)/t4-,5+. The van der Waals surface area contributed by atoms with Crippen molar-refractivity contribution in [2.75, 3.05) is 18.8 Å². The molecular formula is C8H10N2O3S. The van der Waals surface area contributed by atoms with Crippen molar-refractivity contribution in [3.63, 3.8) is 0 Å². The van der Waals surface area contributed by atoms with E-state index in [9.17, 15) is 14.4 Å². The van der Waals surface area contributed by atoms with E-state index in [2.05, 4.69) is 17.9 Å². The fourth-order valence-corrected chi connectivity index (χ4v) is 2.15. The first-order chi connectivity index (χ1) is 6.63. The smallest absolute Gasteiger partial charge is 0.232 e. The van der Waals surface area contributed by atoms with Crippen molar-refractivity contribution in [2.45, 2.75) is 0 Å². The molecule has 0 spiro atoms. The van der Waals surface area contributed by atoms with Gasteiger partial charge in [0.05, 0.1) is 17.6 Å². The van der Waals surface area contributed by atoms with Gasteiger partial charge in [-0.2, -0.15) is 12.6 Å². The molecule has 2 aliphatic rings. The van der Waals surface area contributed by atoms with E-state index in [-0.39, 0.29) is 35.3 Å². The molecule has 2 rings (SSSR count). The summed E-state index contributed by atoms with van der Waals surface area (Å²) >= 11 is 3.87. The molecule has 0 bridgehead atoms. The second-order valence-corrected chi connectivity index (χ2v) is 3.84. The molecule has 0 saturated carbocycles. The minimum Gasteiger partial charge on any atom is -0.340 e. The molecule has 0 aromatic rings. The number of nitrogens with zero attached hydrogens (tertiary/aromatic N) is 1. The Balaban J connectivity index is 2.11. The predicted molar refractivity (Wildman–Crippen MR) is 50.6 cm³/mol. The van der Waals surface area contributed by atoms with E-state index in [4.69, 9.17) is 0 Å². The summed E-state index contributed by atoms with van der Waals surface area (Å²) in [5.74, 6) is -1.19. The number of amides is 3. The first-order valence-corrected chi connectivity index (χ1v) is 5.00. The van der Waals surface area contributed by atoms with Gasteiger partial charge in [-0.1, -0.05) is 0 Å². The Morgan fingerprint density at radius 2 is 1.86 bits per heavy atom. The third-order valence-corrected chi connectivity index (χ3v) is 3.00. The highest BCUT2D eigenvalue weighted by Gasteiger charge is 2.48. The number of nitrogens with one attached hydrogen (secondary N) is 1. The van der Waals surface area contributed by atoms with Gasteiger partial charge >= 0.3 is 0 Å². The van der Waals surface area contributed by atoms with Crippen LogP contribution in [-0.4, -0.2) is 41.5 Å². The van der Waals surface area contributed by atoms with E-state index in [1.165, 1.54) is 4.90 Å². The Hall–Kier alpha value is -1.04. The number of likely N-dealkylation sites (tertiary alicyclic amines) is 1. The summed E-state index contributed by atoms with van der Waals surface area (Å²) in [5, 5.41) is 2.26. The van der Waals surface area contributed by atoms with Crippen LogP contribution in [0.25, 0.3) is 0 Å². The lowest BCUT2D eigenvalue weighted by Crippen LogP contribution is -2.35. The van der Waals surface area contributed by atoms with Crippen LogP contribution < -0.4 is 5.32 Å². The third kappa shape index (κ3) is 1.30. The fourth-order valence-electron chi connectivity index (χ4n) is 1.95. The monoisotopic (exact) mass is 214 g/mol. The van der Waals surface area contributed by atoms with Crippen molar-refractivity contribution in [1.82, 2.24) is 10.2 Å². The van der Waals surface area contributed by atoms with Crippen molar-refractivity contribution in [1.29, 1.82) is 0 Å². The largest absolute Gasteiger partial charge is 0.340 e. The molecular weight excluding hydrogens is 204 g/mol. The number of rotatable bonds is 1. The van der Waals surface area contributed by atoms with Crippen LogP contribution in [0.1, 0.15) is 0 Å². The van der Waals surface area contributed by atoms with Gasteiger partial charge in [-0.25, -0.2) is 0 Å². The maximum absolute atomic E-state index is 11.3. The van der Waals surface area contributed by atoms with Crippen LogP contribution >= 0.6 is 12.6 Å². The van der Waals surface area contributed by atoms with Crippen molar-refractivity contribution in [3.8, 4) is 0 Å². The van der Waals surface area contributed by atoms with Gasteiger partial charge in [0.15, 0.2) is 0 Å². The Labute approximate surface area is 86.2 Å². The zero-order valence-electron chi connectivity index (χ0n) is 7.40. The Kier molecular flexibility index (Phi) is 2.22. The summed E-state index contributed by atoms with van der Waals surface area (Å²) in [7, 11) is 0. The number of hydrogen-bond donors (Lipinski definition) is 2. The predicted octanol–water partition coefficient (Wildman–Crippen LogP) is -1.35. The Bertz CT molecular complexity index is 296. The van der Waals surface area contributed by atoms with Gasteiger partial charge in [0.25, 0.3) is 0 Å². The summed E-state index contributed by atoms with van der Waals surface area (Å²) in [6, 6.07) is 0. The van der Waals surface area contributed by atoms with Crippen LogP contribution in [0.15, 0.2) is 0 Å². The lowest BCUT2D eigenvalue weighted by molar-refractivity contribution is -0.129. The molecule has 6 heteroatoms. The van der Waals surface area contributed by atoms with Crippen LogP contribution in [0.5, 0.6) is 0 Å². The highest BCUT2D eigenvalue weighted by molar-refractivity contribution is 7.81. The number of thiol groups is 1. The van der Waals surface area contributed by atoms with Gasteiger partial charge in [-0.3, -0.25) is 19.7 Å². The highest BCUT2D eigenvalue weighted by Crippen LogP contribution is 2.28. The van der Waals surface area contributed by atoms with Crippen molar-refractivity contribution >= 4 is 30.4 Å². The topological polar surface area (TPSA) is 66.5 Å². The van der Waals surface area contributed by atoms with Crippen molar-refractivity contribution in [3.05, 3.63) is 0 Å². The Morgan fingerprint density at radius 3 is 2.29 bits per heavy atom. The van der Waals surface area contributed by atoms with E-state index < -0.39 is 0 Å². The molecule has 2 atom stereocenters. The molecule has 0 unspecified atom stereocenters. The van der Waals surface area contributed by atoms with Crippen LogP contribution in [0, 0.1) is 11.8 Å². The number of carbonyl (C=O) groups is 3. The second-order valence-electron chi connectivity index (χ2n) is 3.52. The molecule has 2 fully saturated rings. The molecule has 2 aliphatic heterocycles. The molecule has 0 aromatic heterocycles. The molecule has 1 N–H and O–H groups in total. The van der Waals surface area contributed by atoms with Crippen molar-refractivity contribution < 1.29 is 14.4 Å². The molecule has 76 valence electrons. The average molecular weight is 214 g/mol. The van der Waals surface area contributed by atoms with Gasteiger partial charge in [-0.05, 0) is 0 Å². The van der Waals surface area contributed by atoms with Gasteiger partial charge in [0, 0.05) is 13.1 Å². The van der Waals surface area contributed by atoms with E-state index >= 15 is 0 Å². The summed E-state index contributed by atoms with van der Waals surface area (Å²) < 4.78 is 0. The molecule has 0 radical (unpaired) electrons. The Morgan fingerprint density at radius 1 is 1.36 bits per heavy atom. The molecule has 2 saturated heterocycles. The van der Waals surface area contributed by atoms with E-state index in [0.717, 1.165) is 0 Å². The molecule has 3 amide bonds. The maximum atomic E-state index is 11.3. The summed E-state index contributed by atoms with van der Waals surface area (Å²) in [6.07, 6.45) is 0. The molecule has 0 aliphatic carbocycles. The summed E-state index contributed by atoms with van der Waals surface area (Å²) in [4.78, 5) is 35.3. The van der Waals surface area contributed by atoms with E-state index in [1.807, 2.05) is 0 Å². The average Bonchev–Trinajstić information content (AvgIpc) is 2.69. The van der Waals surface area contributed by atoms with Gasteiger partial charge in [0.1, 0.15) is 0 Å². The normalized spacial score (nSPS) is 30.5. The minimum atomic E-state index is -0.341. The van der Waals surface area contributed by atoms with Crippen LogP contribution in [-0.2, 0) is 14.4 Å². The lowest BCUT2D eigenvalue weighted by atomic mass is 10.00. The van der Waals surface area contributed by atoms with Crippen LogP contribution in [0.3, 0.4) is 0 Å². The minimum absolute atomic E-state index is 0.120. The quantitative estimate of drug-likeness (QED) is 0.419. The highest BCUT2D eigenvalue weighted by atomic mass is 32.1. The number of carbonyl (C=O) groups excluding carboxylic acids is 3. The first-order valence-electron chi connectivity index (χ1n) is 4.37. The van der Waals surface area contributed by atoms with Crippen LogP contribution in [0.4, 0.5) is 0 Å².